The SMILES string of the molecule is Cc1cccc(OCC(=O)NCC(C)(C)C(=O)O)c1C. The molecule has 110 valence electrons. The van der Waals surface area contributed by atoms with Crippen LogP contribution in [0.3, 0.4) is 0 Å². The van der Waals surface area contributed by atoms with E-state index in [1.807, 2.05) is 26.0 Å². The largest absolute Gasteiger partial charge is 0.483 e. The van der Waals surface area contributed by atoms with Crippen molar-refractivity contribution in [2.45, 2.75) is 27.7 Å². The minimum atomic E-state index is -0.991. The molecular formula is C15H21NO4. The van der Waals surface area contributed by atoms with E-state index in [9.17, 15) is 9.59 Å². The number of nitrogens with one attached hydrogen (secondary N) is 1. The van der Waals surface area contributed by atoms with Crippen molar-refractivity contribution in [3.8, 4) is 5.75 Å². The Labute approximate surface area is 118 Å². The van der Waals surface area contributed by atoms with E-state index in [0.717, 1.165) is 11.1 Å². The molecule has 0 aliphatic heterocycles. The van der Waals surface area contributed by atoms with Gasteiger partial charge >= 0.3 is 5.97 Å². The summed E-state index contributed by atoms with van der Waals surface area (Å²) in [4.78, 5) is 22.6. The van der Waals surface area contributed by atoms with Gasteiger partial charge in [-0.3, -0.25) is 9.59 Å². The Morgan fingerprint density at radius 2 is 1.95 bits per heavy atom. The fourth-order valence-corrected chi connectivity index (χ4v) is 1.47. The number of benzene rings is 1. The summed E-state index contributed by atoms with van der Waals surface area (Å²) in [5.41, 5.74) is 1.09. The predicted octanol–water partition coefficient (Wildman–Crippen LogP) is 1.91. The van der Waals surface area contributed by atoms with E-state index in [-0.39, 0.29) is 19.1 Å². The molecule has 0 bridgehead atoms. The van der Waals surface area contributed by atoms with Crippen LogP contribution in [-0.2, 0) is 9.59 Å². The highest BCUT2D eigenvalue weighted by molar-refractivity contribution is 5.79. The zero-order chi connectivity index (χ0) is 15.3. The lowest BCUT2D eigenvalue weighted by Gasteiger charge is -2.19. The third kappa shape index (κ3) is 4.26. The number of carbonyl (C=O) groups excluding carboxylic acids is 1. The third-order valence-corrected chi connectivity index (χ3v) is 3.22. The minimum absolute atomic E-state index is 0.0668. The average Bonchev–Trinajstić information content (AvgIpc) is 2.38. The van der Waals surface area contributed by atoms with Crippen LogP contribution in [0.5, 0.6) is 5.75 Å². The van der Waals surface area contributed by atoms with Crippen molar-refractivity contribution in [2.75, 3.05) is 13.2 Å². The molecule has 0 unspecified atom stereocenters. The van der Waals surface area contributed by atoms with E-state index in [0.29, 0.717) is 5.75 Å². The maximum atomic E-state index is 11.7. The van der Waals surface area contributed by atoms with Gasteiger partial charge in [-0.25, -0.2) is 0 Å². The molecule has 0 saturated carbocycles. The molecule has 0 aromatic heterocycles. The summed E-state index contributed by atoms with van der Waals surface area (Å²) >= 11 is 0. The molecule has 5 heteroatoms. The second-order valence-corrected chi connectivity index (χ2v) is 5.45. The van der Waals surface area contributed by atoms with Gasteiger partial charge in [-0.2, -0.15) is 0 Å². The summed E-state index contributed by atoms with van der Waals surface area (Å²) < 4.78 is 5.45. The number of aryl methyl sites for hydroxylation is 1. The van der Waals surface area contributed by atoms with Gasteiger partial charge in [0.2, 0.25) is 0 Å². The number of carbonyl (C=O) groups is 2. The fraction of sp³-hybridized carbons (Fsp3) is 0.467. The minimum Gasteiger partial charge on any atom is -0.483 e. The Morgan fingerprint density at radius 1 is 1.30 bits per heavy atom. The number of carboxylic acids is 1. The molecule has 0 fully saturated rings. The summed E-state index contributed by atoms with van der Waals surface area (Å²) in [6.45, 7) is 6.95. The summed E-state index contributed by atoms with van der Waals surface area (Å²) in [5.74, 6) is -0.619. The van der Waals surface area contributed by atoms with Crippen LogP contribution in [0.15, 0.2) is 18.2 Å². The maximum absolute atomic E-state index is 11.7. The van der Waals surface area contributed by atoms with Crippen molar-refractivity contribution in [1.82, 2.24) is 5.32 Å². The van der Waals surface area contributed by atoms with Crippen molar-refractivity contribution in [2.24, 2.45) is 5.41 Å². The molecule has 20 heavy (non-hydrogen) atoms. The van der Waals surface area contributed by atoms with Crippen LogP contribution in [0.2, 0.25) is 0 Å². The highest BCUT2D eigenvalue weighted by Crippen LogP contribution is 2.20. The van der Waals surface area contributed by atoms with Crippen LogP contribution in [0, 0.1) is 19.3 Å². The van der Waals surface area contributed by atoms with Crippen molar-refractivity contribution in [3.05, 3.63) is 29.3 Å². The van der Waals surface area contributed by atoms with Crippen LogP contribution >= 0.6 is 0 Å². The first-order valence-corrected chi connectivity index (χ1v) is 6.43. The second kappa shape index (κ2) is 6.41. The predicted molar refractivity (Wildman–Crippen MR) is 75.8 cm³/mol. The first-order chi connectivity index (χ1) is 9.24. The van der Waals surface area contributed by atoms with Gasteiger partial charge < -0.3 is 15.2 Å². The number of rotatable bonds is 6. The number of hydrogen-bond donors (Lipinski definition) is 2. The summed E-state index contributed by atoms with van der Waals surface area (Å²) in [6, 6.07) is 5.64. The smallest absolute Gasteiger partial charge is 0.310 e. The van der Waals surface area contributed by atoms with Gasteiger partial charge in [-0.15, -0.1) is 0 Å². The first kappa shape index (κ1) is 16.0. The number of hydrogen-bond acceptors (Lipinski definition) is 3. The van der Waals surface area contributed by atoms with Gasteiger partial charge in [0, 0.05) is 6.54 Å². The highest BCUT2D eigenvalue weighted by atomic mass is 16.5. The van der Waals surface area contributed by atoms with Crippen molar-refractivity contribution in [3.63, 3.8) is 0 Å². The molecule has 2 N–H and O–H groups in total. The first-order valence-electron chi connectivity index (χ1n) is 6.43. The molecule has 0 radical (unpaired) electrons. The molecule has 0 saturated heterocycles. The molecule has 1 amide bonds. The van der Waals surface area contributed by atoms with Crippen LogP contribution in [0.4, 0.5) is 0 Å². The summed E-state index contributed by atoms with van der Waals surface area (Å²) in [6.07, 6.45) is 0. The van der Waals surface area contributed by atoms with Gasteiger partial charge in [-0.1, -0.05) is 12.1 Å². The van der Waals surface area contributed by atoms with Gasteiger partial charge in [0.05, 0.1) is 5.41 Å². The van der Waals surface area contributed by atoms with Crippen molar-refractivity contribution >= 4 is 11.9 Å². The Hall–Kier alpha value is -2.04. The maximum Gasteiger partial charge on any atom is 0.310 e. The molecule has 1 rings (SSSR count). The van der Waals surface area contributed by atoms with Crippen LogP contribution in [0.1, 0.15) is 25.0 Å². The van der Waals surface area contributed by atoms with E-state index in [1.54, 1.807) is 19.9 Å². The Kier molecular flexibility index (Phi) is 5.13. The molecule has 0 atom stereocenters. The van der Waals surface area contributed by atoms with Gasteiger partial charge in [0.1, 0.15) is 5.75 Å². The van der Waals surface area contributed by atoms with Crippen LogP contribution in [0.25, 0.3) is 0 Å². The zero-order valence-electron chi connectivity index (χ0n) is 12.3. The third-order valence-electron chi connectivity index (χ3n) is 3.22. The quantitative estimate of drug-likeness (QED) is 0.834. The molecule has 1 aromatic rings. The Morgan fingerprint density at radius 3 is 2.55 bits per heavy atom. The Bertz CT molecular complexity index is 509. The lowest BCUT2D eigenvalue weighted by atomic mass is 9.94. The molecule has 0 spiro atoms. The van der Waals surface area contributed by atoms with Gasteiger partial charge in [0.25, 0.3) is 5.91 Å². The molecule has 0 aliphatic carbocycles. The highest BCUT2D eigenvalue weighted by Gasteiger charge is 2.27. The lowest BCUT2D eigenvalue weighted by Crippen LogP contribution is -2.40. The monoisotopic (exact) mass is 279 g/mol. The number of aliphatic carboxylic acids is 1. The lowest BCUT2D eigenvalue weighted by molar-refractivity contribution is -0.146. The number of carboxylic acid groups (broad SMARTS) is 1. The van der Waals surface area contributed by atoms with E-state index in [2.05, 4.69) is 5.32 Å². The number of amides is 1. The van der Waals surface area contributed by atoms with Crippen molar-refractivity contribution in [1.29, 1.82) is 0 Å². The topological polar surface area (TPSA) is 75.6 Å². The van der Waals surface area contributed by atoms with E-state index >= 15 is 0 Å². The fourth-order valence-electron chi connectivity index (χ4n) is 1.47. The van der Waals surface area contributed by atoms with Crippen molar-refractivity contribution < 1.29 is 19.4 Å². The molecule has 1 aromatic carbocycles. The van der Waals surface area contributed by atoms with E-state index in [1.165, 1.54) is 0 Å². The molecular weight excluding hydrogens is 258 g/mol. The number of ether oxygens (including phenoxy) is 1. The normalized spacial score (nSPS) is 11.0. The summed E-state index contributed by atoms with van der Waals surface area (Å²) in [5, 5.41) is 11.5. The van der Waals surface area contributed by atoms with Gasteiger partial charge in [0.15, 0.2) is 6.61 Å². The molecule has 0 heterocycles. The Balaban J connectivity index is 2.48. The van der Waals surface area contributed by atoms with Crippen LogP contribution < -0.4 is 10.1 Å². The van der Waals surface area contributed by atoms with E-state index < -0.39 is 11.4 Å². The molecule has 5 nitrogen and oxygen atoms in total. The van der Waals surface area contributed by atoms with Crippen LogP contribution in [-0.4, -0.2) is 30.1 Å². The molecule has 0 aliphatic rings. The zero-order valence-corrected chi connectivity index (χ0v) is 12.3. The summed E-state index contributed by atoms with van der Waals surface area (Å²) in [7, 11) is 0. The standard InChI is InChI=1S/C15H21NO4/c1-10-6-5-7-12(11(10)2)20-8-13(17)16-9-15(3,4)14(18)19/h5-7H,8-9H2,1-4H3,(H,16,17)(H,18,19). The average molecular weight is 279 g/mol. The van der Waals surface area contributed by atoms with E-state index in [4.69, 9.17) is 9.84 Å². The van der Waals surface area contributed by atoms with Gasteiger partial charge in [-0.05, 0) is 44.9 Å². The second-order valence-electron chi connectivity index (χ2n) is 5.45.